The minimum atomic E-state index is -4.80. The van der Waals surface area contributed by atoms with E-state index in [4.69, 9.17) is 5.73 Å². The van der Waals surface area contributed by atoms with Gasteiger partial charge in [0.05, 0.1) is 6.04 Å². The maximum Gasteiger partial charge on any atom is 0.415 e. The molecule has 108 valence electrons. The van der Waals surface area contributed by atoms with Crippen molar-refractivity contribution in [3.63, 3.8) is 0 Å². The molecule has 2 atom stereocenters. The van der Waals surface area contributed by atoms with Gasteiger partial charge < -0.3 is 11.1 Å². The average molecular weight is 295 g/mol. The Hall–Kier alpha value is -1.15. The lowest BCUT2D eigenvalue weighted by Crippen LogP contribution is -2.61. The van der Waals surface area contributed by atoms with Crippen LogP contribution in [-0.2, 0) is 11.2 Å². The van der Waals surface area contributed by atoms with E-state index in [2.05, 4.69) is 10.3 Å². The monoisotopic (exact) mass is 295 g/mol. The van der Waals surface area contributed by atoms with Crippen LogP contribution >= 0.6 is 11.3 Å². The predicted molar refractivity (Wildman–Crippen MR) is 66.7 cm³/mol. The lowest BCUT2D eigenvalue weighted by Gasteiger charge is -2.27. The van der Waals surface area contributed by atoms with E-state index in [-0.39, 0.29) is 0 Å². The molecule has 1 amide bonds. The van der Waals surface area contributed by atoms with Crippen LogP contribution in [-0.4, -0.2) is 22.6 Å². The number of hydrogen-bond donors (Lipinski definition) is 2. The molecule has 0 saturated heterocycles. The van der Waals surface area contributed by atoms with Gasteiger partial charge in [0.25, 0.3) is 0 Å². The molecular formula is C11H16F3N3OS. The predicted octanol–water partition coefficient (Wildman–Crippen LogP) is 2.16. The Morgan fingerprint density at radius 2 is 2.16 bits per heavy atom. The summed E-state index contributed by atoms with van der Waals surface area (Å²) in [5, 5.41) is 2.80. The quantitative estimate of drug-likeness (QED) is 0.894. The van der Waals surface area contributed by atoms with Gasteiger partial charge in [-0.2, -0.15) is 13.2 Å². The number of rotatable bonds is 4. The molecule has 1 rings (SSSR count). The fourth-order valence-electron chi connectivity index (χ4n) is 1.22. The first-order valence-electron chi connectivity index (χ1n) is 5.70. The minimum Gasteiger partial charge on any atom is -0.345 e. The SMILES string of the molecule is CCc1cnc(C(C)NC(=O)C(C)(N)C(F)(F)F)s1. The van der Waals surface area contributed by atoms with Gasteiger partial charge in [-0.25, -0.2) is 4.98 Å². The number of aryl methyl sites for hydroxylation is 1. The second kappa shape index (κ2) is 5.46. The van der Waals surface area contributed by atoms with Gasteiger partial charge in [-0.1, -0.05) is 6.92 Å². The molecule has 3 N–H and O–H groups in total. The van der Waals surface area contributed by atoms with Gasteiger partial charge in [-0.05, 0) is 20.3 Å². The number of thiazole rings is 1. The normalized spacial score (nSPS) is 16.8. The molecule has 0 fully saturated rings. The Bertz CT molecular complexity index is 456. The third-order valence-electron chi connectivity index (χ3n) is 2.70. The molecule has 19 heavy (non-hydrogen) atoms. The third-order valence-corrected chi connectivity index (χ3v) is 4.02. The third kappa shape index (κ3) is 3.44. The number of alkyl halides is 3. The highest BCUT2D eigenvalue weighted by atomic mass is 32.1. The summed E-state index contributed by atoms with van der Waals surface area (Å²) in [6.07, 6.45) is -2.36. The molecule has 1 aromatic rings. The van der Waals surface area contributed by atoms with Crippen molar-refractivity contribution >= 4 is 17.2 Å². The van der Waals surface area contributed by atoms with Crippen molar-refractivity contribution in [2.45, 2.75) is 44.9 Å². The molecule has 0 aromatic carbocycles. The van der Waals surface area contributed by atoms with E-state index in [1.807, 2.05) is 6.92 Å². The number of nitrogens with two attached hydrogens (primary N) is 1. The van der Waals surface area contributed by atoms with Crippen molar-refractivity contribution in [3.8, 4) is 0 Å². The summed E-state index contributed by atoms with van der Waals surface area (Å²) in [5.74, 6) is -1.26. The summed E-state index contributed by atoms with van der Waals surface area (Å²) >= 11 is 1.35. The highest BCUT2D eigenvalue weighted by Crippen LogP contribution is 2.29. The lowest BCUT2D eigenvalue weighted by molar-refractivity contribution is -0.187. The number of nitrogens with zero attached hydrogens (tertiary/aromatic N) is 1. The molecule has 0 radical (unpaired) electrons. The Morgan fingerprint density at radius 3 is 2.58 bits per heavy atom. The zero-order valence-electron chi connectivity index (χ0n) is 10.8. The highest BCUT2D eigenvalue weighted by molar-refractivity contribution is 7.11. The lowest BCUT2D eigenvalue weighted by atomic mass is 10.0. The first kappa shape index (κ1) is 15.9. The Kier molecular flexibility index (Phi) is 4.57. The van der Waals surface area contributed by atoms with Gasteiger partial charge in [0.1, 0.15) is 5.01 Å². The molecular weight excluding hydrogens is 279 g/mol. The molecule has 4 nitrogen and oxygen atoms in total. The van der Waals surface area contributed by atoms with Crippen LogP contribution in [0.2, 0.25) is 0 Å². The summed E-state index contributed by atoms with van der Waals surface area (Å²) in [6.45, 7) is 4.16. The van der Waals surface area contributed by atoms with Crippen molar-refractivity contribution in [2.75, 3.05) is 0 Å². The van der Waals surface area contributed by atoms with Gasteiger partial charge in [-0.3, -0.25) is 4.79 Å². The number of carbonyl (C=O) groups excluding carboxylic acids is 1. The van der Waals surface area contributed by atoms with Crippen LogP contribution in [0.25, 0.3) is 0 Å². The number of nitrogens with one attached hydrogen (secondary N) is 1. The van der Waals surface area contributed by atoms with Crippen LogP contribution in [0.15, 0.2) is 6.20 Å². The van der Waals surface area contributed by atoms with Crippen molar-refractivity contribution < 1.29 is 18.0 Å². The van der Waals surface area contributed by atoms with Crippen LogP contribution in [0.5, 0.6) is 0 Å². The minimum absolute atomic E-state index is 0.558. The van der Waals surface area contributed by atoms with E-state index in [9.17, 15) is 18.0 Å². The summed E-state index contributed by atoms with van der Waals surface area (Å²) in [7, 11) is 0. The zero-order valence-corrected chi connectivity index (χ0v) is 11.7. The zero-order chi connectivity index (χ0) is 14.8. The number of carbonyl (C=O) groups is 1. The number of hydrogen-bond acceptors (Lipinski definition) is 4. The van der Waals surface area contributed by atoms with Crippen molar-refractivity contribution in [1.29, 1.82) is 0 Å². The standard InChI is InChI=1S/C11H16F3N3OS/c1-4-7-5-16-8(19-7)6(2)17-9(18)10(3,15)11(12,13)14/h5-6H,4,15H2,1-3H3,(H,17,18). The van der Waals surface area contributed by atoms with E-state index in [0.717, 1.165) is 11.3 Å². The fourth-order valence-corrected chi connectivity index (χ4v) is 2.08. The number of halogens is 3. The molecule has 8 heteroatoms. The summed E-state index contributed by atoms with van der Waals surface area (Å²) in [4.78, 5) is 16.7. The summed E-state index contributed by atoms with van der Waals surface area (Å²) < 4.78 is 37.8. The first-order chi connectivity index (χ1) is 8.59. The highest BCUT2D eigenvalue weighted by Gasteiger charge is 2.54. The summed E-state index contributed by atoms with van der Waals surface area (Å²) in [5.41, 5.74) is 2.13. The molecule has 1 aromatic heterocycles. The van der Waals surface area contributed by atoms with Crippen molar-refractivity contribution in [1.82, 2.24) is 10.3 Å². The molecule has 0 spiro atoms. The van der Waals surface area contributed by atoms with E-state index >= 15 is 0 Å². The Labute approximate surface area is 113 Å². The van der Waals surface area contributed by atoms with Crippen LogP contribution in [0.1, 0.15) is 36.7 Å². The Balaban J connectivity index is 2.77. The van der Waals surface area contributed by atoms with Crippen LogP contribution in [0.4, 0.5) is 13.2 Å². The number of aromatic nitrogens is 1. The molecule has 0 bridgehead atoms. The molecule has 2 unspecified atom stereocenters. The second-order valence-electron chi connectivity index (χ2n) is 4.41. The van der Waals surface area contributed by atoms with Gasteiger partial charge in [0.2, 0.25) is 5.91 Å². The topological polar surface area (TPSA) is 68.0 Å². The van der Waals surface area contributed by atoms with E-state index < -0.39 is 23.7 Å². The second-order valence-corrected chi connectivity index (χ2v) is 5.56. The van der Waals surface area contributed by atoms with Crippen molar-refractivity contribution in [3.05, 3.63) is 16.1 Å². The maximum absolute atomic E-state index is 12.6. The molecule has 0 aliphatic heterocycles. The van der Waals surface area contributed by atoms with Crippen LogP contribution in [0, 0.1) is 0 Å². The van der Waals surface area contributed by atoms with E-state index in [1.165, 1.54) is 11.3 Å². The largest absolute Gasteiger partial charge is 0.415 e. The van der Waals surface area contributed by atoms with Gasteiger partial charge >= 0.3 is 6.18 Å². The van der Waals surface area contributed by atoms with E-state index in [1.54, 1.807) is 13.1 Å². The fraction of sp³-hybridized carbons (Fsp3) is 0.636. The average Bonchev–Trinajstić information content (AvgIpc) is 2.75. The smallest absolute Gasteiger partial charge is 0.345 e. The van der Waals surface area contributed by atoms with Gasteiger partial charge in [0.15, 0.2) is 5.54 Å². The van der Waals surface area contributed by atoms with Gasteiger partial charge in [0, 0.05) is 11.1 Å². The number of amides is 1. The van der Waals surface area contributed by atoms with Crippen molar-refractivity contribution in [2.24, 2.45) is 5.73 Å². The Morgan fingerprint density at radius 1 is 1.58 bits per heavy atom. The molecule has 0 saturated carbocycles. The van der Waals surface area contributed by atoms with Crippen LogP contribution < -0.4 is 11.1 Å². The van der Waals surface area contributed by atoms with E-state index in [0.29, 0.717) is 11.9 Å². The molecule has 1 heterocycles. The van der Waals surface area contributed by atoms with Crippen LogP contribution in [0.3, 0.4) is 0 Å². The molecule has 0 aliphatic carbocycles. The maximum atomic E-state index is 12.6. The molecule has 0 aliphatic rings. The summed E-state index contributed by atoms with van der Waals surface area (Å²) in [6, 6.07) is -0.608. The first-order valence-corrected chi connectivity index (χ1v) is 6.52. The van der Waals surface area contributed by atoms with Gasteiger partial charge in [-0.15, -0.1) is 11.3 Å².